The van der Waals surface area contributed by atoms with Gasteiger partial charge in [0.05, 0.1) is 29.3 Å². The predicted octanol–water partition coefficient (Wildman–Crippen LogP) is 3.49. The largest absolute Gasteiger partial charge is 0.496 e. The summed E-state index contributed by atoms with van der Waals surface area (Å²) in [5, 5.41) is 0.877. The Morgan fingerprint density at radius 3 is 2.58 bits per heavy atom. The van der Waals surface area contributed by atoms with Crippen LogP contribution in [0.4, 0.5) is 0 Å². The number of methoxy groups -OCH3 is 1. The number of nitrogens with zero attached hydrogens (tertiary/aromatic N) is 2. The first-order chi connectivity index (χ1) is 11.6. The summed E-state index contributed by atoms with van der Waals surface area (Å²) in [6.07, 6.45) is 1.72. The van der Waals surface area contributed by atoms with E-state index in [2.05, 4.69) is 9.97 Å². The minimum atomic E-state index is -0.178. The van der Waals surface area contributed by atoms with Crippen LogP contribution in [0.3, 0.4) is 0 Å². The van der Waals surface area contributed by atoms with Crippen LogP contribution in [0.5, 0.6) is 5.75 Å². The molecule has 0 saturated heterocycles. The maximum atomic E-state index is 12.7. The van der Waals surface area contributed by atoms with Crippen LogP contribution in [0.2, 0.25) is 0 Å². The number of fused-ring (bicyclic) bond motifs is 3. The van der Waals surface area contributed by atoms with E-state index in [1.54, 1.807) is 17.9 Å². The molecule has 0 aliphatic heterocycles. The van der Waals surface area contributed by atoms with Crippen molar-refractivity contribution in [3.63, 3.8) is 0 Å². The third kappa shape index (κ3) is 1.94. The second-order valence-electron chi connectivity index (χ2n) is 5.88. The normalized spacial score (nSPS) is 11.3. The van der Waals surface area contributed by atoms with Crippen LogP contribution < -0.4 is 10.4 Å². The van der Waals surface area contributed by atoms with Gasteiger partial charge in [-0.1, -0.05) is 18.2 Å². The molecule has 24 heavy (non-hydrogen) atoms. The molecular formula is C19H17N3O2. The standard InChI is InChI=1S/C19H17N3O2/c1-11-6-4-7-12(2)18(11)22-14-10-15(24-3)13-8-5-9-20-16(13)17(14)21-19(22)23/h4-10H,1-3H3,(H,21,23). The van der Waals surface area contributed by atoms with E-state index in [-0.39, 0.29) is 5.69 Å². The molecule has 2 heterocycles. The van der Waals surface area contributed by atoms with Crippen molar-refractivity contribution in [3.8, 4) is 11.4 Å². The first kappa shape index (κ1) is 14.5. The number of benzene rings is 2. The van der Waals surface area contributed by atoms with E-state index in [1.165, 1.54) is 0 Å². The Labute approximate surface area is 138 Å². The van der Waals surface area contributed by atoms with Gasteiger partial charge in [0.15, 0.2) is 0 Å². The first-order valence-corrected chi connectivity index (χ1v) is 7.75. The van der Waals surface area contributed by atoms with E-state index >= 15 is 0 Å². The molecule has 5 heteroatoms. The van der Waals surface area contributed by atoms with Crippen molar-refractivity contribution in [3.05, 3.63) is 64.2 Å². The van der Waals surface area contributed by atoms with Crippen LogP contribution in [0.1, 0.15) is 11.1 Å². The van der Waals surface area contributed by atoms with Crippen LogP contribution in [0.15, 0.2) is 47.4 Å². The predicted molar refractivity (Wildman–Crippen MR) is 95.2 cm³/mol. The summed E-state index contributed by atoms with van der Waals surface area (Å²) in [5.41, 5.74) is 5.01. The van der Waals surface area contributed by atoms with Crippen LogP contribution in [-0.2, 0) is 0 Å². The van der Waals surface area contributed by atoms with Gasteiger partial charge in [0.25, 0.3) is 0 Å². The number of ether oxygens (including phenoxy) is 1. The number of para-hydroxylation sites is 1. The van der Waals surface area contributed by atoms with Crippen molar-refractivity contribution >= 4 is 21.9 Å². The summed E-state index contributed by atoms with van der Waals surface area (Å²) < 4.78 is 7.23. The highest BCUT2D eigenvalue weighted by atomic mass is 16.5. The van der Waals surface area contributed by atoms with Crippen LogP contribution in [-0.4, -0.2) is 21.6 Å². The van der Waals surface area contributed by atoms with Gasteiger partial charge in [-0.3, -0.25) is 9.55 Å². The molecule has 2 aromatic carbocycles. The van der Waals surface area contributed by atoms with Crippen molar-refractivity contribution in [1.29, 1.82) is 0 Å². The lowest BCUT2D eigenvalue weighted by Gasteiger charge is -2.12. The van der Waals surface area contributed by atoms with Gasteiger partial charge in [-0.2, -0.15) is 0 Å². The molecule has 4 rings (SSSR count). The Morgan fingerprint density at radius 1 is 1.12 bits per heavy atom. The van der Waals surface area contributed by atoms with E-state index in [9.17, 15) is 4.79 Å². The number of pyridine rings is 1. The average molecular weight is 319 g/mol. The molecule has 1 N–H and O–H groups in total. The van der Waals surface area contributed by atoms with Gasteiger partial charge >= 0.3 is 5.69 Å². The highest BCUT2D eigenvalue weighted by Crippen LogP contribution is 2.32. The lowest BCUT2D eigenvalue weighted by atomic mass is 10.1. The maximum Gasteiger partial charge on any atom is 0.331 e. The van der Waals surface area contributed by atoms with Crippen molar-refractivity contribution < 1.29 is 4.74 Å². The number of aromatic amines is 1. The number of rotatable bonds is 2. The average Bonchev–Trinajstić information content (AvgIpc) is 2.90. The summed E-state index contributed by atoms with van der Waals surface area (Å²) in [6.45, 7) is 4.01. The van der Waals surface area contributed by atoms with E-state index in [0.717, 1.165) is 38.8 Å². The van der Waals surface area contributed by atoms with Crippen molar-refractivity contribution in [1.82, 2.24) is 14.5 Å². The fraction of sp³-hybridized carbons (Fsp3) is 0.158. The molecule has 0 bridgehead atoms. The highest BCUT2D eigenvalue weighted by molar-refractivity contribution is 6.05. The molecule has 5 nitrogen and oxygen atoms in total. The SMILES string of the molecule is COc1cc2c([nH]c(=O)n2-c2c(C)cccc2C)c2ncccc12. The Hall–Kier alpha value is -3.08. The molecule has 0 fully saturated rings. The Balaban J connectivity index is 2.21. The quantitative estimate of drug-likeness (QED) is 0.615. The van der Waals surface area contributed by atoms with Crippen LogP contribution in [0, 0.1) is 13.8 Å². The molecule has 0 atom stereocenters. The Kier molecular flexibility index (Phi) is 3.16. The second kappa shape index (κ2) is 5.23. The molecular weight excluding hydrogens is 302 g/mol. The zero-order valence-corrected chi connectivity index (χ0v) is 13.8. The van der Waals surface area contributed by atoms with Gasteiger partial charge in [0.2, 0.25) is 0 Å². The lowest BCUT2D eigenvalue weighted by molar-refractivity contribution is 0.420. The zero-order chi connectivity index (χ0) is 16.8. The summed E-state index contributed by atoms with van der Waals surface area (Å²) in [6, 6.07) is 11.7. The minimum absolute atomic E-state index is 0.178. The molecule has 120 valence electrons. The number of hydrogen-bond donors (Lipinski definition) is 1. The number of aromatic nitrogens is 3. The monoisotopic (exact) mass is 319 g/mol. The molecule has 4 aromatic rings. The van der Waals surface area contributed by atoms with Gasteiger partial charge < -0.3 is 9.72 Å². The Bertz CT molecular complexity index is 1120. The first-order valence-electron chi connectivity index (χ1n) is 7.75. The van der Waals surface area contributed by atoms with Crippen LogP contribution >= 0.6 is 0 Å². The van der Waals surface area contributed by atoms with Gasteiger partial charge in [0.1, 0.15) is 5.75 Å². The highest BCUT2D eigenvalue weighted by Gasteiger charge is 2.17. The van der Waals surface area contributed by atoms with E-state index in [1.807, 2.05) is 50.2 Å². The zero-order valence-electron chi connectivity index (χ0n) is 13.8. The lowest BCUT2D eigenvalue weighted by Crippen LogP contribution is -2.16. The van der Waals surface area contributed by atoms with Crippen LogP contribution in [0.25, 0.3) is 27.6 Å². The van der Waals surface area contributed by atoms with E-state index < -0.39 is 0 Å². The molecule has 0 aliphatic carbocycles. The van der Waals surface area contributed by atoms with Gasteiger partial charge in [-0.15, -0.1) is 0 Å². The number of H-pyrrole nitrogens is 1. The van der Waals surface area contributed by atoms with Crippen molar-refractivity contribution in [2.75, 3.05) is 7.11 Å². The molecule has 2 aromatic heterocycles. The molecule has 0 radical (unpaired) electrons. The fourth-order valence-corrected chi connectivity index (χ4v) is 3.32. The number of imidazole rings is 1. The minimum Gasteiger partial charge on any atom is -0.496 e. The van der Waals surface area contributed by atoms with Gasteiger partial charge in [-0.25, -0.2) is 4.79 Å². The topological polar surface area (TPSA) is 59.9 Å². The van der Waals surface area contributed by atoms with E-state index in [4.69, 9.17) is 4.74 Å². The molecule has 0 amide bonds. The summed E-state index contributed by atoms with van der Waals surface area (Å²) >= 11 is 0. The summed E-state index contributed by atoms with van der Waals surface area (Å²) in [4.78, 5) is 20.1. The molecule has 0 spiro atoms. The number of aryl methyl sites for hydroxylation is 2. The van der Waals surface area contributed by atoms with E-state index in [0.29, 0.717) is 5.75 Å². The number of hydrogen-bond acceptors (Lipinski definition) is 3. The molecule has 0 aliphatic rings. The number of nitrogens with one attached hydrogen (secondary N) is 1. The third-order valence-corrected chi connectivity index (χ3v) is 4.39. The van der Waals surface area contributed by atoms with Crippen molar-refractivity contribution in [2.45, 2.75) is 13.8 Å². The third-order valence-electron chi connectivity index (χ3n) is 4.39. The fourth-order valence-electron chi connectivity index (χ4n) is 3.32. The smallest absolute Gasteiger partial charge is 0.331 e. The van der Waals surface area contributed by atoms with Gasteiger partial charge in [0, 0.05) is 17.6 Å². The summed E-state index contributed by atoms with van der Waals surface area (Å²) in [7, 11) is 1.63. The summed E-state index contributed by atoms with van der Waals surface area (Å²) in [5.74, 6) is 0.699. The Morgan fingerprint density at radius 2 is 1.88 bits per heavy atom. The molecule has 0 unspecified atom stereocenters. The second-order valence-corrected chi connectivity index (χ2v) is 5.88. The van der Waals surface area contributed by atoms with Crippen molar-refractivity contribution in [2.24, 2.45) is 0 Å². The van der Waals surface area contributed by atoms with Gasteiger partial charge in [-0.05, 0) is 37.1 Å². The maximum absolute atomic E-state index is 12.7. The molecule has 0 saturated carbocycles.